The fourth-order valence-corrected chi connectivity index (χ4v) is 3.41. The highest BCUT2D eigenvalue weighted by atomic mass is 32.1. The highest BCUT2D eigenvalue weighted by molar-refractivity contribution is 7.15. The van der Waals surface area contributed by atoms with E-state index in [4.69, 9.17) is 10.5 Å². The van der Waals surface area contributed by atoms with Gasteiger partial charge in [-0.1, -0.05) is 30.3 Å². The highest BCUT2D eigenvalue weighted by Gasteiger charge is 2.23. The third-order valence-electron chi connectivity index (χ3n) is 3.31. The first-order valence-corrected chi connectivity index (χ1v) is 7.05. The molecular formula is C14H16N2OS. The Balaban J connectivity index is 1.99. The van der Waals surface area contributed by atoms with Crippen molar-refractivity contribution in [2.24, 2.45) is 0 Å². The lowest BCUT2D eigenvalue weighted by Gasteiger charge is -2.21. The lowest BCUT2D eigenvalue weighted by Crippen LogP contribution is -2.13. The smallest absolute Gasteiger partial charge is 0.180 e. The Morgan fingerprint density at radius 2 is 1.89 bits per heavy atom. The standard InChI is InChI=1S/C14H16N2OS/c15-14-16-12(10-4-2-1-3-5-10)13(18-14)11-6-8-17-9-7-11/h1-5,11H,6-9H2,(H2,15,16). The summed E-state index contributed by atoms with van der Waals surface area (Å²) in [6.07, 6.45) is 2.14. The Morgan fingerprint density at radius 3 is 2.61 bits per heavy atom. The highest BCUT2D eigenvalue weighted by Crippen LogP contribution is 2.39. The summed E-state index contributed by atoms with van der Waals surface area (Å²) in [6.45, 7) is 1.69. The molecule has 0 bridgehead atoms. The van der Waals surface area contributed by atoms with E-state index in [0.29, 0.717) is 11.0 Å². The van der Waals surface area contributed by atoms with Crippen LogP contribution in [0, 0.1) is 0 Å². The third kappa shape index (κ3) is 2.26. The summed E-state index contributed by atoms with van der Waals surface area (Å²) in [5.41, 5.74) is 8.12. The van der Waals surface area contributed by atoms with E-state index in [1.807, 2.05) is 18.2 Å². The number of anilines is 1. The van der Waals surface area contributed by atoms with Gasteiger partial charge in [0.1, 0.15) is 0 Å². The molecule has 2 N–H and O–H groups in total. The minimum atomic E-state index is 0.545. The van der Waals surface area contributed by atoms with Gasteiger partial charge in [0.15, 0.2) is 5.13 Å². The molecule has 1 aliphatic heterocycles. The molecule has 0 radical (unpaired) electrons. The zero-order valence-corrected chi connectivity index (χ0v) is 11.0. The van der Waals surface area contributed by atoms with Crippen molar-refractivity contribution < 1.29 is 4.74 Å². The summed E-state index contributed by atoms with van der Waals surface area (Å²) in [7, 11) is 0. The molecule has 0 aliphatic carbocycles. The van der Waals surface area contributed by atoms with Gasteiger partial charge < -0.3 is 10.5 Å². The third-order valence-corrected chi connectivity index (χ3v) is 4.36. The Morgan fingerprint density at radius 1 is 1.17 bits per heavy atom. The maximum Gasteiger partial charge on any atom is 0.180 e. The van der Waals surface area contributed by atoms with Crippen molar-refractivity contribution >= 4 is 16.5 Å². The molecule has 0 atom stereocenters. The summed E-state index contributed by atoms with van der Waals surface area (Å²) in [5.74, 6) is 0.545. The number of nitrogens with two attached hydrogens (primary N) is 1. The van der Waals surface area contributed by atoms with Gasteiger partial charge in [-0.25, -0.2) is 4.98 Å². The molecule has 1 fully saturated rings. The molecule has 0 amide bonds. The summed E-state index contributed by atoms with van der Waals surface area (Å²) >= 11 is 1.63. The normalized spacial score (nSPS) is 16.9. The number of rotatable bonds is 2. The number of ether oxygens (including phenoxy) is 1. The van der Waals surface area contributed by atoms with E-state index in [2.05, 4.69) is 17.1 Å². The second kappa shape index (κ2) is 5.08. The van der Waals surface area contributed by atoms with Gasteiger partial charge in [-0.15, -0.1) is 11.3 Å². The van der Waals surface area contributed by atoms with Gasteiger partial charge in [0.25, 0.3) is 0 Å². The molecule has 0 spiro atoms. The lowest BCUT2D eigenvalue weighted by molar-refractivity contribution is 0.0861. The molecule has 0 saturated carbocycles. The van der Waals surface area contributed by atoms with Crippen molar-refractivity contribution in [3.05, 3.63) is 35.2 Å². The van der Waals surface area contributed by atoms with E-state index >= 15 is 0 Å². The van der Waals surface area contributed by atoms with Crippen LogP contribution in [0.5, 0.6) is 0 Å². The van der Waals surface area contributed by atoms with Gasteiger partial charge in [0, 0.05) is 23.7 Å². The molecule has 94 valence electrons. The summed E-state index contributed by atoms with van der Waals surface area (Å²) in [5, 5.41) is 0.662. The van der Waals surface area contributed by atoms with Crippen LogP contribution < -0.4 is 5.73 Å². The maximum atomic E-state index is 5.90. The van der Waals surface area contributed by atoms with Crippen LogP contribution in [0.25, 0.3) is 11.3 Å². The van der Waals surface area contributed by atoms with Crippen LogP contribution in [0.3, 0.4) is 0 Å². The van der Waals surface area contributed by atoms with E-state index in [9.17, 15) is 0 Å². The summed E-state index contributed by atoms with van der Waals surface area (Å²) in [4.78, 5) is 5.83. The average Bonchev–Trinajstić information content (AvgIpc) is 2.83. The SMILES string of the molecule is Nc1nc(-c2ccccc2)c(C2CCOCC2)s1. The van der Waals surface area contributed by atoms with Gasteiger partial charge in [-0.2, -0.15) is 0 Å². The molecule has 1 saturated heterocycles. The quantitative estimate of drug-likeness (QED) is 0.901. The van der Waals surface area contributed by atoms with Crippen molar-refractivity contribution in [2.45, 2.75) is 18.8 Å². The molecule has 2 aromatic rings. The number of hydrogen-bond acceptors (Lipinski definition) is 4. The summed E-state index contributed by atoms with van der Waals surface area (Å²) in [6, 6.07) is 10.3. The average molecular weight is 260 g/mol. The fourth-order valence-electron chi connectivity index (χ4n) is 2.39. The molecule has 1 aliphatic rings. The van der Waals surface area contributed by atoms with Crippen molar-refractivity contribution in [3.63, 3.8) is 0 Å². The molecule has 2 heterocycles. The van der Waals surface area contributed by atoms with Crippen molar-refractivity contribution in [2.75, 3.05) is 18.9 Å². The molecule has 4 heteroatoms. The number of hydrogen-bond donors (Lipinski definition) is 1. The second-order valence-electron chi connectivity index (χ2n) is 4.52. The minimum absolute atomic E-state index is 0.545. The molecule has 3 rings (SSSR count). The monoisotopic (exact) mass is 260 g/mol. The minimum Gasteiger partial charge on any atom is -0.381 e. The van der Waals surface area contributed by atoms with Crippen LogP contribution in [0.15, 0.2) is 30.3 Å². The van der Waals surface area contributed by atoms with Gasteiger partial charge in [0.2, 0.25) is 0 Å². The van der Waals surface area contributed by atoms with E-state index < -0.39 is 0 Å². The number of aromatic nitrogens is 1. The van der Waals surface area contributed by atoms with Crippen LogP contribution in [0.2, 0.25) is 0 Å². The molecule has 18 heavy (non-hydrogen) atoms. The van der Waals surface area contributed by atoms with Crippen molar-refractivity contribution in [1.82, 2.24) is 4.98 Å². The van der Waals surface area contributed by atoms with Gasteiger partial charge in [-0.05, 0) is 18.8 Å². The first kappa shape index (κ1) is 11.7. The van der Waals surface area contributed by atoms with Crippen molar-refractivity contribution in [1.29, 1.82) is 0 Å². The Bertz CT molecular complexity index is 518. The lowest BCUT2D eigenvalue weighted by atomic mass is 9.95. The van der Waals surface area contributed by atoms with E-state index in [0.717, 1.165) is 37.3 Å². The first-order valence-electron chi connectivity index (χ1n) is 6.24. The number of nitrogen functional groups attached to an aromatic ring is 1. The van der Waals surface area contributed by atoms with E-state index in [1.54, 1.807) is 11.3 Å². The molecule has 1 aromatic heterocycles. The zero-order valence-electron chi connectivity index (χ0n) is 10.1. The Hall–Kier alpha value is -1.39. The predicted octanol–water partition coefficient (Wildman–Crippen LogP) is 3.29. The molecule has 3 nitrogen and oxygen atoms in total. The topological polar surface area (TPSA) is 48.1 Å². The van der Waals surface area contributed by atoms with Crippen LogP contribution in [0.4, 0.5) is 5.13 Å². The number of thiazole rings is 1. The molecule has 1 aromatic carbocycles. The van der Waals surface area contributed by atoms with Gasteiger partial charge in [0.05, 0.1) is 5.69 Å². The largest absolute Gasteiger partial charge is 0.381 e. The number of benzene rings is 1. The van der Waals surface area contributed by atoms with Crippen LogP contribution in [-0.4, -0.2) is 18.2 Å². The van der Waals surface area contributed by atoms with Crippen LogP contribution in [0.1, 0.15) is 23.6 Å². The van der Waals surface area contributed by atoms with Crippen LogP contribution >= 0.6 is 11.3 Å². The van der Waals surface area contributed by atoms with E-state index in [-0.39, 0.29) is 0 Å². The molecular weight excluding hydrogens is 244 g/mol. The fraction of sp³-hybridized carbons (Fsp3) is 0.357. The maximum absolute atomic E-state index is 5.90. The predicted molar refractivity (Wildman–Crippen MR) is 74.8 cm³/mol. The number of nitrogens with zero attached hydrogens (tertiary/aromatic N) is 1. The first-order chi connectivity index (χ1) is 8.84. The van der Waals surface area contributed by atoms with Crippen molar-refractivity contribution in [3.8, 4) is 11.3 Å². The Labute approximate surface area is 111 Å². The second-order valence-corrected chi connectivity index (χ2v) is 5.58. The Kier molecular flexibility index (Phi) is 3.30. The van der Waals surface area contributed by atoms with Gasteiger partial charge in [-0.3, -0.25) is 0 Å². The van der Waals surface area contributed by atoms with Crippen LogP contribution in [-0.2, 0) is 4.74 Å². The molecule has 0 unspecified atom stereocenters. The van der Waals surface area contributed by atoms with E-state index in [1.165, 1.54) is 4.88 Å². The summed E-state index contributed by atoms with van der Waals surface area (Å²) < 4.78 is 5.43. The zero-order chi connectivity index (χ0) is 12.4. The van der Waals surface area contributed by atoms with Gasteiger partial charge >= 0.3 is 0 Å².